The van der Waals surface area contributed by atoms with Crippen LogP contribution in [0.4, 0.5) is 0 Å². The quantitative estimate of drug-likeness (QED) is 0.176. The second-order valence-electron chi connectivity index (χ2n) is 13.5. The van der Waals surface area contributed by atoms with Crippen LogP contribution >= 0.6 is 0 Å². The molecule has 0 fully saturated rings. The number of hydrogen-bond acceptors (Lipinski definition) is 1. The molecule has 0 spiro atoms. The number of hydrogen-bond donors (Lipinski definition) is 0. The van der Waals surface area contributed by atoms with Crippen LogP contribution in [-0.4, -0.2) is 4.57 Å². The van der Waals surface area contributed by atoms with Gasteiger partial charge in [0.1, 0.15) is 0 Å². The Bertz CT molecular complexity index is 2450. The lowest BCUT2D eigenvalue weighted by atomic mass is 9.88. The van der Waals surface area contributed by atoms with E-state index in [-0.39, 0.29) is 0 Å². The highest BCUT2D eigenvalue weighted by molar-refractivity contribution is 6.12. The molecule has 1 aromatic heterocycles. The Labute approximate surface area is 299 Å². The van der Waals surface area contributed by atoms with Gasteiger partial charge in [0.2, 0.25) is 0 Å². The molecule has 9 rings (SSSR count). The third kappa shape index (κ3) is 5.84. The molecule has 0 bridgehead atoms. The highest BCUT2D eigenvalue weighted by atomic mass is 15.0. The Morgan fingerprint density at radius 3 is 1.22 bits per heavy atom. The van der Waals surface area contributed by atoms with Crippen molar-refractivity contribution in [3.8, 4) is 50.6 Å². The first-order chi connectivity index (χ1) is 25.2. The molecular formula is C49H36N2. The van der Waals surface area contributed by atoms with Crippen LogP contribution in [0.2, 0.25) is 0 Å². The number of allylic oxidation sites excluding steroid dienone is 8. The van der Waals surface area contributed by atoms with Crippen LogP contribution in [0.3, 0.4) is 0 Å². The molecule has 0 saturated carbocycles. The van der Waals surface area contributed by atoms with E-state index in [0.717, 1.165) is 31.3 Å². The molecule has 2 aliphatic carbocycles. The van der Waals surface area contributed by atoms with E-state index in [1.165, 1.54) is 83.2 Å². The van der Waals surface area contributed by atoms with Gasteiger partial charge in [0, 0.05) is 22.0 Å². The molecule has 51 heavy (non-hydrogen) atoms. The van der Waals surface area contributed by atoms with E-state index >= 15 is 0 Å². The summed E-state index contributed by atoms with van der Waals surface area (Å²) in [5.41, 5.74) is 17.1. The van der Waals surface area contributed by atoms with Gasteiger partial charge >= 0.3 is 0 Å². The molecule has 0 amide bonds. The van der Waals surface area contributed by atoms with Crippen molar-refractivity contribution in [2.75, 3.05) is 0 Å². The Morgan fingerprint density at radius 2 is 0.804 bits per heavy atom. The fraction of sp³-hybridized carbons (Fsp3) is 0.0816. The zero-order chi connectivity index (χ0) is 34.1. The van der Waals surface area contributed by atoms with Crippen molar-refractivity contribution in [3.05, 3.63) is 187 Å². The molecule has 0 unspecified atom stereocenters. The first-order valence-electron chi connectivity index (χ1n) is 17.8. The van der Waals surface area contributed by atoms with E-state index in [1.54, 1.807) is 0 Å². The second-order valence-corrected chi connectivity index (χ2v) is 13.5. The lowest BCUT2D eigenvalue weighted by molar-refractivity contribution is 0.873. The van der Waals surface area contributed by atoms with Gasteiger partial charge in [-0.25, -0.2) is 0 Å². The van der Waals surface area contributed by atoms with Crippen molar-refractivity contribution in [2.24, 2.45) is 0 Å². The molecule has 2 heteroatoms. The predicted molar refractivity (Wildman–Crippen MR) is 214 cm³/mol. The van der Waals surface area contributed by atoms with Gasteiger partial charge < -0.3 is 4.57 Å². The number of aromatic nitrogens is 1. The van der Waals surface area contributed by atoms with Gasteiger partial charge in [-0.3, -0.25) is 0 Å². The zero-order valence-electron chi connectivity index (χ0n) is 28.4. The fourth-order valence-electron chi connectivity index (χ4n) is 7.74. The van der Waals surface area contributed by atoms with Crippen molar-refractivity contribution in [2.45, 2.75) is 25.7 Å². The number of benzene rings is 6. The summed E-state index contributed by atoms with van der Waals surface area (Å²) >= 11 is 0. The molecule has 242 valence electrons. The summed E-state index contributed by atoms with van der Waals surface area (Å²) in [5, 5.41) is 11.8. The molecule has 0 atom stereocenters. The first-order valence-corrected chi connectivity index (χ1v) is 17.8. The molecule has 1 heterocycles. The summed E-state index contributed by atoms with van der Waals surface area (Å²) in [7, 11) is 0. The topological polar surface area (TPSA) is 28.7 Å². The normalized spacial score (nSPS) is 14.4. The Balaban J connectivity index is 1.14. The van der Waals surface area contributed by atoms with E-state index in [2.05, 4.69) is 174 Å². The Hall–Kier alpha value is -6.43. The van der Waals surface area contributed by atoms with Gasteiger partial charge in [-0.05, 0) is 118 Å². The Kier molecular flexibility index (Phi) is 7.88. The average molecular weight is 653 g/mol. The van der Waals surface area contributed by atoms with Crippen molar-refractivity contribution in [1.82, 2.24) is 4.57 Å². The SMILES string of the molecule is N#CC1=CC=C(C2=CC=C(n3c4ccc(-c5ccc(-c6ccccc6)cc5)cc4c4cc(-c5ccc(-c6ccccc6)cc5)ccc43)CC2)CC1. The molecular weight excluding hydrogens is 617 g/mol. The molecule has 2 nitrogen and oxygen atoms in total. The summed E-state index contributed by atoms with van der Waals surface area (Å²) in [4.78, 5) is 0. The lowest BCUT2D eigenvalue weighted by Gasteiger charge is -2.21. The Morgan fingerprint density at radius 1 is 0.392 bits per heavy atom. The molecule has 0 N–H and O–H groups in total. The molecule has 0 radical (unpaired) electrons. The minimum Gasteiger partial charge on any atom is -0.313 e. The maximum absolute atomic E-state index is 9.30. The molecule has 0 saturated heterocycles. The fourth-order valence-corrected chi connectivity index (χ4v) is 7.74. The average Bonchev–Trinajstić information content (AvgIpc) is 3.55. The van der Waals surface area contributed by atoms with Crippen LogP contribution in [0, 0.1) is 11.3 Å². The highest BCUT2D eigenvalue weighted by Gasteiger charge is 2.19. The monoisotopic (exact) mass is 652 g/mol. The largest absolute Gasteiger partial charge is 0.313 e. The lowest BCUT2D eigenvalue weighted by Crippen LogP contribution is -2.04. The van der Waals surface area contributed by atoms with Crippen molar-refractivity contribution < 1.29 is 0 Å². The van der Waals surface area contributed by atoms with Crippen molar-refractivity contribution in [1.29, 1.82) is 5.26 Å². The van der Waals surface area contributed by atoms with Crippen molar-refractivity contribution in [3.63, 3.8) is 0 Å². The van der Waals surface area contributed by atoms with E-state index in [9.17, 15) is 5.26 Å². The maximum Gasteiger partial charge on any atom is 0.0947 e. The van der Waals surface area contributed by atoms with Crippen LogP contribution in [0.1, 0.15) is 25.7 Å². The summed E-state index contributed by atoms with van der Waals surface area (Å²) < 4.78 is 2.48. The van der Waals surface area contributed by atoms with E-state index in [1.807, 2.05) is 6.08 Å². The molecule has 0 aliphatic heterocycles. The van der Waals surface area contributed by atoms with Gasteiger partial charge in [-0.2, -0.15) is 5.26 Å². The number of nitriles is 1. The third-order valence-corrected chi connectivity index (χ3v) is 10.5. The molecule has 2 aliphatic rings. The van der Waals surface area contributed by atoms with E-state index < -0.39 is 0 Å². The van der Waals surface area contributed by atoms with Crippen LogP contribution in [0.25, 0.3) is 72.0 Å². The van der Waals surface area contributed by atoms with Gasteiger partial charge in [0.15, 0.2) is 0 Å². The van der Waals surface area contributed by atoms with Gasteiger partial charge in [-0.15, -0.1) is 0 Å². The molecule has 7 aromatic rings. The standard InChI is InChI=1S/C49H36N2/c50-33-34-11-13-37(14-12-34)40-23-27-45(28-24-40)51-48-29-25-43(41-19-15-38(16-20-41)35-7-3-1-4-8-35)31-46(48)47-32-44(26-30-49(47)51)42-21-17-39(18-22-42)36-9-5-2-6-10-36/h1-11,13,15-23,25-27,29-32H,12,14,24,28H2. The number of nitrogens with zero attached hydrogens (tertiary/aromatic N) is 2. The van der Waals surface area contributed by atoms with Crippen LogP contribution in [-0.2, 0) is 0 Å². The smallest absolute Gasteiger partial charge is 0.0947 e. The first kappa shape index (κ1) is 30.6. The summed E-state index contributed by atoms with van der Waals surface area (Å²) in [5.74, 6) is 0. The second kappa shape index (κ2) is 13.1. The predicted octanol–water partition coefficient (Wildman–Crippen LogP) is 13.2. The maximum atomic E-state index is 9.30. The minimum atomic E-state index is 0.831. The highest BCUT2D eigenvalue weighted by Crippen LogP contribution is 2.40. The van der Waals surface area contributed by atoms with Crippen LogP contribution in [0.5, 0.6) is 0 Å². The number of fused-ring (bicyclic) bond motifs is 3. The third-order valence-electron chi connectivity index (χ3n) is 10.5. The summed E-state index contributed by atoms with van der Waals surface area (Å²) in [6, 6.07) is 55.2. The van der Waals surface area contributed by atoms with Crippen LogP contribution < -0.4 is 0 Å². The number of rotatable bonds is 6. The van der Waals surface area contributed by atoms with E-state index in [4.69, 9.17) is 0 Å². The van der Waals surface area contributed by atoms with Gasteiger partial charge in [0.25, 0.3) is 0 Å². The molecule has 6 aromatic carbocycles. The zero-order valence-corrected chi connectivity index (χ0v) is 28.4. The van der Waals surface area contributed by atoms with Crippen LogP contribution in [0.15, 0.2) is 187 Å². The van der Waals surface area contributed by atoms with Crippen molar-refractivity contribution >= 4 is 27.5 Å². The minimum absolute atomic E-state index is 0.831. The van der Waals surface area contributed by atoms with Gasteiger partial charge in [-0.1, -0.05) is 133 Å². The van der Waals surface area contributed by atoms with Gasteiger partial charge in [0.05, 0.1) is 17.1 Å². The summed E-state index contributed by atoms with van der Waals surface area (Å²) in [6.45, 7) is 0. The van der Waals surface area contributed by atoms with E-state index in [0.29, 0.717) is 0 Å². The summed E-state index contributed by atoms with van der Waals surface area (Å²) in [6.07, 6.45) is 12.5.